The molecular formula is C18H22ClNO2. The molecule has 4 rings (SSSR count). The summed E-state index contributed by atoms with van der Waals surface area (Å²) in [5, 5.41) is 13.5. The van der Waals surface area contributed by atoms with Crippen molar-refractivity contribution < 1.29 is 9.84 Å². The largest absolute Gasteiger partial charge is 0.462 e. The highest BCUT2D eigenvalue weighted by Gasteiger charge is 2.51. The number of nitrogens with zero attached hydrogens (tertiary/aromatic N) is 1. The van der Waals surface area contributed by atoms with Gasteiger partial charge < -0.3 is 14.7 Å². The van der Waals surface area contributed by atoms with Gasteiger partial charge in [0, 0.05) is 30.5 Å². The summed E-state index contributed by atoms with van der Waals surface area (Å²) in [5.74, 6) is 0.0661. The lowest BCUT2D eigenvalue weighted by atomic mass is 9.77. The van der Waals surface area contributed by atoms with Gasteiger partial charge in [-0.2, -0.15) is 0 Å². The zero-order valence-electron chi connectivity index (χ0n) is 13.0. The van der Waals surface area contributed by atoms with E-state index in [2.05, 4.69) is 49.2 Å². The van der Waals surface area contributed by atoms with Crippen molar-refractivity contribution in [3.05, 3.63) is 42.0 Å². The molecule has 0 aliphatic carbocycles. The lowest BCUT2D eigenvalue weighted by Gasteiger charge is -2.50. The van der Waals surface area contributed by atoms with Crippen molar-refractivity contribution in [2.75, 3.05) is 20.1 Å². The molecule has 2 heterocycles. The first-order valence-electron chi connectivity index (χ1n) is 7.68. The molecule has 2 aliphatic heterocycles. The Hall–Kier alpha value is -1.29. The molecule has 3 atom stereocenters. The maximum Gasteiger partial charge on any atom is 0.216 e. The van der Waals surface area contributed by atoms with Crippen LogP contribution in [0.5, 0.6) is 5.75 Å². The molecule has 3 nitrogen and oxygen atoms in total. The van der Waals surface area contributed by atoms with Crippen LogP contribution in [0.2, 0.25) is 0 Å². The van der Waals surface area contributed by atoms with Crippen molar-refractivity contribution in [1.29, 1.82) is 0 Å². The van der Waals surface area contributed by atoms with Crippen molar-refractivity contribution in [3.63, 3.8) is 0 Å². The number of hydrogen-bond donors (Lipinski definition) is 1. The van der Waals surface area contributed by atoms with Crippen LogP contribution in [0.1, 0.15) is 12.5 Å². The molecule has 3 unspecified atom stereocenters. The van der Waals surface area contributed by atoms with Crippen molar-refractivity contribution in [2.45, 2.75) is 19.1 Å². The number of likely N-dealkylation sites (tertiary alicyclic amines) is 1. The monoisotopic (exact) mass is 319 g/mol. The topological polar surface area (TPSA) is 32.7 Å². The van der Waals surface area contributed by atoms with Gasteiger partial charge in [-0.3, -0.25) is 0 Å². The lowest BCUT2D eigenvalue weighted by Crippen LogP contribution is -2.61. The molecule has 4 heteroatoms. The standard InChI is InChI=1S/C18H21NO2.ClH/c1-12-10-19(2)11-14-9-16-15-6-4-3-5-13(15)7-8-17(16)21-18(12,14)20;/h3-8,12,14,20H,9-11H2,1-2H3;1H. The second-order valence-electron chi connectivity index (χ2n) is 6.64. The van der Waals surface area contributed by atoms with Crippen LogP contribution < -0.4 is 4.74 Å². The van der Waals surface area contributed by atoms with Gasteiger partial charge in [-0.1, -0.05) is 37.3 Å². The van der Waals surface area contributed by atoms with Crippen LogP contribution in [0.15, 0.2) is 36.4 Å². The van der Waals surface area contributed by atoms with Crippen LogP contribution >= 0.6 is 12.4 Å². The highest BCUT2D eigenvalue weighted by Crippen LogP contribution is 2.44. The Morgan fingerprint density at radius 1 is 1.18 bits per heavy atom. The van der Waals surface area contributed by atoms with Gasteiger partial charge in [0.05, 0.1) is 0 Å². The fourth-order valence-corrected chi connectivity index (χ4v) is 4.02. The number of aliphatic hydroxyl groups is 1. The van der Waals surface area contributed by atoms with Gasteiger partial charge in [0.1, 0.15) is 5.75 Å². The molecule has 2 aromatic rings. The van der Waals surface area contributed by atoms with E-state index in [1.54, 1.807) is 0 Å². The molecule has 0 bridgehead atoms. The first kappa shape index (κ1) is 15.6. The summed E-state index contributed by atoms with van der Waals surface area (Å²) in [6, 6.07) is 12.5. The maximum atomic E-state index is 11.0. The van der Waals surface area contributed by atoms with E-state index in [9.17, 15) is 5.11 Å². The summed E-state index contributed by atoms with van der Waals surface area (Å²) < 4.78 is 6.12. The fourth-order valence-electron chi connectivity index (χ4n) is 4.02. The molecule has 0 spiro atoms. The molecule has 0 radical (unpaired) electrons. The molecule has 118 valence electrons. The van der Waals surface area contributed by atoms with E-state index in [0.29, 0.717) is 0 Å². The van der Waals surface area contributed by atoms with Crippen LogP contribution in [0.3, 0.4) is 0 Å². The van der Waals surface area contributed by atoms with Crippen molar-refractivity contribution in [2.24, 2.45) is 11.8 Å². The van der Waals surface area contributed by atoms with Gasteiger partial charge in [0.25, 0.3) is 0 Å². The van der Waals surface area contributed by atoms with E-state index in [4.69, 9.17) is 4.74 Å². The van der Waals surface area contributed by atoms with Crippen LogP contribution in [-0.4, -0.2) is 35.9 Å². The summed E-state index contributed by atoms with van der Waals surface area (Å²) in [4.78, 5) is 2.29. The predicted molar refractivity (Wildman–Crippen MR) is 90.6 cm³/mol. The zero-order chi connectivity index (χ0) is 14.6. The van der Waals surface area contributed by atoms with E-state index in [-0.39, 0.29) is 24.2 Å². The van der Waals surface area contributed by atoms with Crippen LogP contribution in [-0.2, 0) is 6.42 Å². The van der Waals surface area contributed by atoms with Gasteiger partial charge in [0.2, 0.25) is 5.79 Å². The highest BCUT2D eigenvalue weighted by atomic mass is 35.5. The van der Waals surface area contributed by atoms with Crippen molar-refractivity contribution >= 4 is 23.2 Å². The second kappa shape index (κ2) is 5.41. The first-order valence-corrected chi connectivity index (χ1v) is 7.68. The second-order valence-corrected chi connectivity index (χ2v) is 6.64. The van der Waals surface area contributed by atoms with Gasteiger partial charge in [-0.15, -0.1) is 12.4 Å². The van der Waals surface area contributed by atoms with E-state index >= 15 is 0 Å². The molecular weight excluding hydrogens is 298 g/mol. The SMILES string of the molecule is CC1CN(C)CC2Cc3c(ccc4ccccc34)OC12O.Cl. The van der Waals surface area contributed by atoms with Gasteiger partial charge in [-0.25, -0.2) is 0 Å². The van der Waals surface area contributed by atoms with Crippen LogP contribution in [0.4, 0.5) is 0 Å². The smallest absolute Gasteiger partial charge is 0.216 e. The number of benzene rings is 2. The van der Waals surface area contributed by atoms with E-state index in [1.165, 1.54) is 16.3 Å². The third kappa shape index (κ3) is 2.19. The molecule has 0 saturated carbocycles. The molecule has 2 aliphatic rings. The Bertz CT molecular complexity index is 705. The van der Waals surface area contributed by atoms with Crippen molar-refractivity contribution in [1.82, 2.24) is 4.90 Å². The number of fused-ring (bicyclic) bond motifs is 4. The van der Waals surface area contributed by atoms with E-state index in [1.807, 2.05) is 6.07 Å². The molecule has 2 aromatic carbocycles. The summed E-state index contributed by atoms with van der Waals surface area (Å²) in [6.07, 6.45) is 0.877. The minimum Gasteiger partial charge on any atom is -0.462 e. The quantitative estimate of drug-likeness (QED) is 0.810. The summed E-state index contributed by atoms with van der Waals surface area (Å²) in [7, 11) is 2.12. The minimum absolute atomic E-state index is 0. The number of hydrogen-bond acceptors (Lipinski definition) is 3. The Labute approximate surface area is 137 Å². The molecule has 0 amide bonds. The van der Waals surface area contributed by atoms with Crippen LogP contribution in [0, 0.1) is 11.8 Å². The predicted octanol–water partition coefficient (Wildman–Crippen LogP) is 3.08. The molecule has 1 fully saturated rings. The van der Waals surface area contributed by atoms with Crippen molar-refractivity contribution in [3.8, 4) is 5.75 Å². The first-order chi connectivity index (χ1) is 10.1. The van der Waals surface area contributed by atoms with Crippen LogP contribution in [0.25, 0.3) is 10.8 Å². The minimum atomic E-state index is -1.03. The lowest BCUT2D eigenvalue weighted by molar-refractivity contribution is -0.241. The zero-order valence-corrected chi connectivity index (χ0v) is 13.8. The number of piperidine rings is 1. The Morgan fingerprint density at radius 2 is 1.95 bits per heavy atom. The van der Waals surface area contributed by atoms with Gasteiger partial charge in [-0.05, 0) is 30.3 Å². The normalized spacial score (nSPS) is 30.9. The van der Waals surface area contributed by atoms with E-state index in [0.717, 1.165) is 25.3 Å². The van der Waals surface area contributed by atoms with E-state index < -0.39 is 5.79 Å². The molecule has 1 N–H and O–H groups in total. The third-order valence-electron chi connectivity index (χ3n) is 5.13. The third-order valence-corrected chi connectivity index (χ3v) is 5.13. The highest BCUT2D eigenvalue weighted by molar-refractivity contribution is 5.88. The average Bonchev–Trinajstić information content (AvgIpc) is 2.47. The molecule has 1 saturated heterocycles. The molecule has 0 aromatic heterocycles. The maximum absolute atomic E-state index is 11.0. The Morgan fingerprint density at radius 3 is 2.77 bits per heavy atom. The Kier molecular flexibility index (Phi) is 3.84. The molecule has 22 heavy (non-hydrogen) atoms. The van der Waals surface area contributed by atoms with Gasteiger partial charge in [0.15, 0.2) is 0 Å². The summed E-state index contributed by atoms with van der Waals surface area (Å²) in [5.41, 5.74) is 1.24. The Balaban J connectivity index is 0.00000144. The average molecular weight is 320 g/mol. The summed E-state index contributed by atoms with van der Waals surface area (Å²) >= 11 is 0. The number of ether oxygens (including phenoxy) is 1. The number of halogens is 1. The summed E-state index contributed by atoms with van der Waals surface area (Å²) in [6.45, 7) is 3.83. The fraction of sp³-hybridized carbons (Fsp3) is 0.444. The van der Waals surface area contributed by atoms with Gasteiger partial charge >= 0.3 is 0 Å². The number of rotatable bonds is 0.